The number of amides is 1. The van der Waals surface area contributed by atoms with E-state index >= 15 is 0 Å². The molecule has 3 rings (SSSR count). The molecule has 6 nitrogen and oxygen atoms in total. The van der Waals surface area contributed by atoms with Crippen molar-refractivity contribution in [3.8, 4) is 0 Å². The first kappa shape index (κ1) is 18.6. The Labute approximate surface area is 152 Å². The Kier molecular flexibility index (Phi) is 5.13. The number of aromatic nitrogens is 2. The molecule has 0 saturated carbocycles. The monoisotopic (exact) mass is 379 g/mol. The van der Waals surface area contributed by atoms with Crippen molar-refractivity contribution in [2.75, 3.05) is 18.8 Å². The van der Waals surface area contributed by atoms with Gasteiger partial charge in [0.25, 0.3) is 0 Å². The Morgan fingerprint density at radius 3 is 2.81 bits per heavy atom. The lowest BCUT2D eigenvalue weighted by Gasteiger charge is -2.32. The summed E-state index contributed by atoms with van der Waals surface area (Å²) in [5, 5.41) is -1.06. The summed E-state index contributed by atoms with van der Waals surface area (Å²) in [6.07, 6.45) is 2.67. The highest BCUT2D eigenvalue weighted by molar-refractivity contribution is 7.92. The first-order valence-corrected chi connectivity index (χ1v) is 10.3. The van der Waals surface area contributed by atoms with Gasteiger partial charge in [0.15, 0.2) is 9.84 Å². The van der Waals surface area contributed by atoms with Crippen LogP contribution in [-0.2, 0) is 14.6 Å². The number of fused-ring (bicyclic) bond motifs is 1. The van der Waals surface area contributed by atoms with E-state index in [1.54, 1.807) is 11.0 Å². The highest BCUT2D eigenvalue weighted by Gasteiger charge is 2.33. The van der Waals surface area contributed by atoms with Crippen LogP contribution in [0.5, 0.6) is 0 Å². The average Bonchev–Trinajstić information content (AvgIpc) is 3.03. The number of hydrogen-bond donors (Lipinski definition) is 1. The molecule has 1 N–H and O–H groups in total. The zero-order chi connectivity index (χ0) is 18.9. The first-order chi connectivity index (χ1) is 12.3. The molecule has 1 aliphatic rings. The quantitative estimate of drug-likeness (QED) is 0.809. The molecule has 1 aromatic heterocycles. The molecule has 0 aliphatic carbocycles. The third-order valence-corrected chi connectivity index (χ3v) is 6.87. The van der Waals surface area contributed by atoms with E-state index in [1.165, 1.54) is 25.1 Å². The van der Waals surface area contributed by atoms with Crippen molar-refractivity contribution in [2.45, 2.75) is 30.9 Å². The molecule has 0 radical (unpaired) electrons. The molecule has 8 heteroatoms. The van der Waals surface area contributed by atoms with E-state index in [4.69, 9.17) is 0 Å². The van der Waals surface area contributed by atoms with Gasteiger partial charge < -0.3 is 9.88 Å². The van der Waals surface area contributed by atoms with Crippen LogP contribution in [-0.4, -0.2) is 53.3 Å². The smallest absolute Gasteiger partial charge is 0.240 e. The number of halogens is 1. The molecule has 26 heavy (non-hydrogen) atoms. The van der Waals surface area contributed by atoms with Crippen LogP contribution in [0.1, 0.15) is 31.5 Å². The summed E-state index contributed by atoms with van der Waals surface area (Å²) in [5.74, 6) is 0.0331. The number of rotatable bonds is 5. The van der Waals surface area contributed by atoms with Gasteiger partial charge in [0, 0.05) is 19.0 Å². The number of aromatic amines is 1. The second-order valence-corrected chi connectivity index (χ2v) is 9.01. The van der Waals surface area contributed by atoms with Crippen molar-refractivity contribution in [2.24, 2.45) is 0 Å². The number of carbonyl (C=O) groups excluding carboxylic acids is 1. The lowest BCUT2D eigenvalue weighted by Crippen LogP contribution is -2.45. The number of piperidine rings is 1. The van der Waals surface area contributed by atoms with Gasteiger partial charge in [0.05, 0.1) is 16.8 Å². The number of H-pyrrole nitrogens is 1. The minimum Gasteiger partial charge on any atom is -0.342 e. The Balaban J connectivity index is 1.66. The topological polar surface area (TPSA) is 83.1 Å². The fourth-order valence-electron chi connectivity index (χ4n) is 3.29. The number of likely N-dealkylation sites (tertiary alicyclic amines) is 1. The predicted octanol–water partition coefficient (Wildman–Crippen LogP) is 2.40. The van der Waals surface area contributed by atoms with Crippen LogP contribution < -0.4 is 0 Å². The van der Waals surface area contributed by atoms with Crippen LogP contribution in [0.2, 0.25) is 0 Å². The van der Waals surface area contributed by atoms with Crippen LogP contribution in [0.25, 0.3) is 11.0 Å². The van der Waals surface area contributed by atoms with Gasteiger partial charge >= 0.3 is 0 Å². The maximum atomic E-state index is 13.3. The van der Waals surface area contributed by atoms with E-state index in [1.807, 2.05) is 0 Å². The lowest BCUT2D eigenvalue weighted by atomic mass is 9.96. The highest BCUT2D eigenvalue weighted by Crippen LogP contribution is 2.28. The van der Waals surface area contributed by atoms with Crippen molar-refractivity contribution in [3.63, 3.8) is 0 Å². The minimum atomic E-state index is -3.51. The summed E-state index contributed by atoms with van der Waals surface area (Å²) in [5.41, 5.74) is 1.37. The summed E-state index contributed by atoms with van der Waals surface area (Å²) in [6, 6.07) is 4.42. The van der Waals surface area contributed by atoms with Crippen molar-refractivity contribution in [1.29, 1.82) is 0 Å². The molecule has 0 spiro atoms. The third-order valence-electron chi connectivity index (χ3n) is 4.89. The molecule has 1 aliphatic heterocycles. The van der Waals surface area contributed by atoms with Gasteiger partial charge in [-0.15, -0.1) is 6.58 Å². The second kappa shape index (κ2) is 7.19. The molecule has 2 heterocycles. The molecule has 1 saturated heterocycles. The van der Waals surface area contributed by atoms with E-state index in [9.17, 15) is 17.6 Å². The maximum absolute atomic E-state index is 13.3. The van der Waals surface area contributed by atoms with Gasteiger partial charge in [-0.25, -0.2) is 17.8 Å². The first-order valence-electron chi connectivity index (χ1n) is 8.58. The number of nitrogens with zero attached hydrogens (tertiary/aromatic N) is 2. The van der Waals surface area contributed by atoms with E-state index in [2.05, 4.69) is 16.5 Å². The predicted molar refractivity (Wildman–Crippen MR) is 98.1 cm³/mol. The van der Waals surface area contributed by atoms with E-state index < -0.39 is 15.1 Å². The van der Waals surface area contributed by atoms with Gasteiger partial charge in [-0.1, -0.05) is 6.08 Å². The highest BCUT2D eigenvalue weighted by atomic mass is 32.2. The van der Waals surface area contributed by atoms with E-state index in [-0.39, 0.29) is 23.4 Å². The molecule has 140 valence electrons. The molecule has 1 aromatic carbocycles. The zero-order valence-electron chi connectivity index (χ0n) is 14.6. The maximum Gasteiger partial charge on any atom is 0.240 e. The fourth-order valence-corrected chi connectivity index (χ4v) is 4.36. The number of carbonyl (C=O) groups is 1. The minimum absolute atomic E-state index is 0.134. The lowest BCUT2D eigenvalue weighted by molar-refractivity contribution is -0.131. The van der Waals surface area contributed by atoms with Gasteiger partial charge in [-0.2, -0.15) is 0 Å². The average molecular weight is 379 g/mol. The van der Waals surface area contributed by atoms with Gasteiger partial charge in [-0.05, 0) is 38.0 Å². The molecule has 1 unspecified atom stereocenters. The van der Waals surface area contributed by atoms with Crippen molar-refractivity contribution in [3.05, 3.63) is 42.5 Å². The standard InChI is InChI=1S/C18H22FN3O3S/c1-3-10-26(24,25)12(2)18(23)22-8-6-13(7-9-22)17-20-15-5-4-14(19)11-16(15)21-17/h3-5,11-13H,1,6-10H2,2H3,(H,20,21). The van der Waals surface area contributed by atoms with Crippen molar-refractivity contribution in [1.82, 2.24) is 14.9 Å². The molecular weight excluding hydrogens is 357 g/mol. The molecule has 2 aromatic rings. The molecule has 1 fully saturated rings. The zero-order valence-corrected chi connectivity index (χ0v) is 15.4. The number of imidazole rings is 1. The Hall–Kier alpha value is -2.22. The van der Waals surface area contributed by atoms with E-state index in [0.717, 1.165) is 5.82 Å². The van der Waals surface area contributed by atoms with Crippen LogP contribution in [0.4, 0.5) is 4.39 Å². The van der Waals surface area contributed by atoms with Gasteiger partial charge in [-0.3, -0.25) is 4.79 Å². The molecular formula is C18H22FN3O3S. The molecule has 1 amide bonds. The number of nitrogens with one attached hydrogen (secondary N) is 1. The largest absolute Gasteiger partial charge is 0.342 e. The number of hydrogen-bond acceptors (Lipinski definition) is 4. The summed E-state index contributed by atoms with van der Waals surface area (Å²) < 4.78 is 37.4. The Morgan fingerprint density at radius 2 is 2.15 bits per heavy atom. The summed E-state index contributed by atoms with van der Waals surface area (Å²) in [6.45, 7) is 5.81. The van der Waals surface area contributed by atoms with Gasteiger partial charge in [0.2, 0.25) is 5.91 Å². The Bertz CT molecular complexity index is 930. The van der Waals surface area contributed by atoms with Crippen LogP contribution in [0.3, 0.4) is 0 Å². The van der Waals surface area contributed by atoms with Crippen LogP contribution in [0, 0.1) is 5.82 Å². The van der Waals surface area contributed by atoms with Crippen LogP contribution in [0.15, 0.2) is 30.9 Å². The summed E-state index contributed by atoms with van der Waals surface area (Å²) >= 11 is 0. The third kappa shape index (κ3) is 3.65. The second-order valence-electron chi connectivity index (χ2n) is 6.64. The van der Waals surface area contributed by atoms with Crippen LogP contribution >= 0.6 is 0 Å². The van der Waals surface area contributed by atoms with Crippen molar-refractivity contribution < 1.29 is 17.6 Å². The normalized spacial score (nSPS) is 17.4. The van der Waals surface area contributed by atoms with Crippen molar-refractivity contribution >= 4 is 26.8 Å². The summed E-state index contributed by atoms with van der Waals surface area (Å²) in [7, 11) is -3.51. The fraction of sp³-hybridized carbons (Fsp3) is 0.444. The summed E-state index contributed by atoms with van der Waals surface area (Å²) in [4.78, 5) is 21.8. The molecule has 1 atom stereocenters. The SMILES string of the molecule is C=CCS(=O)(=O)C(C)C(=O)N1CCC(c2nc3ccc(F)cc3[nH]2)CC1. The van der Waals surface area contributed by atoms with E-state index in [0.29, 0.717) is 37.0 Å². The number of benzene rings is 1. The number of sulfone groups is 1. The van der Waals surface area contributed by atoms with Gasteiger partial charge in [0.1, 0.15) is 16.9 Å². The Morgan fingerprint density at radius 1 is 1.46 bits per heavy atom. The molecule has 0 bridgehead atoms.